The second-order valence-electron chi connectivity index (χ2n) is 7.41. The summed E-state index contributed by atoms with van der Waals surface area (Å²) >= 11 is 0. The number of carbonyl (C=O) groups excluding carboxylic acids is 1. The molecule has 1 aromatic rings. The number of para-hydroxylation sites is 1. The van der Waals surface area contributed by atoms with Crippen LogP contribution in [0.5, 0.6) is 5.75 Å². The Hall–Kier alpha value is -1.78. The van der Waals surface area contributed by atoms with Crippen LogP contribution < -0.4 is 10.1 Å². The van der Waals surface area contributed by atoms with Gasteiger partial charge in [0.05, 0.1) is 0 Å². The van der Waals surface area contributed by atoms with Gasteiger partial charge in [0.15, 0.2) is 0 Å². The van der Waals surface area contributed by atoms with E-state index in [2.05, 4.69) is 18.3 Å². The first kappa shape index (κ1) is 18.0. The molecular formula is C20H28BN2O2. The van der Waals surface area contributed by atoms with E-state index in [4.69, 9.17) is 12.2 Å². The zero-order valence-corrected chi connectivity index (χ0v) is 15.4. The van der Waals surface area contributed by atoms with Crippen LogP contribution >= 0.6 is 0 Å². The Labute approximate surface area is 152 Å². The topological polar surface area (TPSA) is 41.6 Å². The quantitative estimate of drug-likeness (QED) is 0.810. The number of nitrogens with one attached hydrogen (secondary N) is 1. The fraction of sp³-hybridized carbons (Fsp3) is 0.600. The normalized spacial score (nSPS) is 24.4. The van der Waals surface area contributed by atoms with Gasteiger partial charge in [-0.15, -0.1) is 0 Å². The number of rotatable bonds is 6. The average Bonchev–Trinajstić information content (AvgIpc) is 2.85. The molecule has 1 N–H and O–H groups in total. The second kappa shape index (κ2) is 7.63. The second-order valence-corrected chi connectivity index (χ2v) is 7.41. The number of likely N-dealkylation sites (N-methyl/N-ethyl adjacent to an activating group) is 1. The number of aryl methyl sites for hydroxylation is 1. The van der Waals surface area contributed by atoms with Crippen molar-refractivity contribution in [2.75, 3.05) is 13.7 Å². The Morgan fingerprint density at radius 1 is 1.28 bits per heavy atom. The summed E-state index contributed by atoms with van der Waals surface area (Å²) in [4.78, 5) is 14.5. The Kier molecular flexibility index (Phi) is 5.50. The summed E-state index contributed by atoms with van der Waals surface area (Å²) in [6.07, 6.45) is 7.87. The summed E-state index contributed by atoms with van der Waals surface area (Å²) < 4.78 is 6.15. The molecule has 2 fully saturated rings. The molecule has 3 rings (SSSR count). The van der Waals surface area contributed by atoms with E-state index in [0.29, 0.717) is 18.2 Å². The van der Waals surface area contributed by atoms with Crippen LogP contribution in [0.3, 0.4) is 0 Å². The molecule has 1 aromatic carbocycles. The Morgan fingerprint density at radius 2 is 2.00 bits per heavy atom. The first-order valence-corrected chi connectivity index (χ1v) is 9.45. The van der Waals surface area contributed by atoms with Gasteiger partial charge in [0.1, 0.15) is 0 Å². The van der Waals surface area contributed by atoms with Crippen LogP contribution in [0.1, 0.15) is 51.0 Å². The van der Waals surface area contributed by atoms with Crippen molar-refractivity contribution in [3.63, 3.8) is 0 Å². The summed E-state index contributed by atoms with van der Waals surface area (Å²) in [5, 5.41) is 3.27. The van der Waals surface area contributed by atoms with Crippen molar-refractivity contribution in [1.82, 2.24) is 10.2 Å². The van der Waals surface area contributed by atoms with Crippen LogP contribution in [0, 0.1) is 5.92 Å². The minimum absolute atomic E-state index is 0.0181. The molecule has 25 heavy (non-hydrogen) atoms. The molecule has 1 heterocycles. The molecule has 1 unspecified atom stereocenters. The molecule has 2 aliphatic rings. The standard InChI is InChI=1S/C20H28BN2O2/c1-3-16-11-7-8-12-17(16)25-14-20(13-15-9-5-4-6-10-15)18(24)23(2)19(21)22-20/h7-8,11-12,15,22H,3-6,9-10,13-14H2,1-2H3. The fourth-order valence-corrected chi connectivity index (χ4v) is 4.13. The molecule has 1 atom stereocenters. The van der Waals surface area contributed by atoms with E-state index >= 15 is 0 Å². The van der Waals surface area contributed by atoms with E-state index in [0.717, 1.165) is 24.2 Å². The monoisotopic (exact) mass is 339 g/mol. The van der Waals surface area contributed by atoms with Crippen LogP contribution in [-0.2, 0) is 11.2 Å². The predicted octanol–water partition coefficient (Wildman–Crippen LogP) is 2.65. The van der Waals surface area contributed by atoms with Crippen molar-refractivity contribution in [1.29, 1.82) is 0 Å². The average molecular weight is 339 g/mol. The molecule has 0 spiro atoms. The molecule has 133 valence electrons. The van der Waals surface area contributed by atoms with E-state index in [9.17, 15) is 4.79 Å². The van der Waals surface area contributed by atoms with E-state index in [1.807, 2.05) is 18.2 Å². The SMILES string of the molecule is [B]=C1NC(COc2ccccc2CC)(CC2CCCCC2)C(=O)N1C. The van der Waals surface area contributed by atoms with Crippen molar-refractivity contribution in [2.24, 2.45) is 5.92 Å². The third-order valence-corrected chi connectivity index (χ3v) is 5.63. The zero-order chi connectivity index (χ0) is 17.9. The molecule has 1 aliphatic heterocycles. The van der Waals surface area contributed by atoms with Gasteiger partial charge in [-0.1, -0.05) is 0 Å². The van der Waals surface area contributed by atoms with E-state index < -0.39 is 5.54 Å². The van der Waals surface area contributed by atoms with Crippen LogP contribution in [0.15, 0.2) is 24.3 Å². The number of nitrogens with zero attached hydrogens (tertiary/aromatic N) is 1. The molecule has 4 nitrogen and oxygen atoms in total. The molecule has 1 saturated heterocycles. The van der Waals surface area contributed by atoms with E-state index in [1.54, 1.807) is 7.05 Å². The van der Waals surface area contributed by atoms with Gasteiger partial charge in [0, 0.05) is 0 Å². The Morgan fingerprint density at radius 3 is 2.64 bits per heavy atom. The van der Waals surface area contributed by atoms with Gasteiger partial charge < -0.3 is 0 Å². The van der Waals surface area contributed by atoms with Gasteiger partial charge in [0.2, 0.25) is 0 Å². The number of amides is 1. The summed E-state index contributed by atoms with van der Waals surface area (Å²) in [5.74, 6) is 1.43. The number of hydrogen-bond donors (Lipinski definition) is 1. The van der Waals surface area contributed by atoms with E-state index in [1.165, 1.54) is 37.0 Å². The molecule has 0 bridgehead atoms. The first-order valence-electron chi connectivity index (χ1n) is 9.45. The zero-order valence-electron chi connectivity index (χ0n) is 15.4. The maximum absolute atomic E-state index is 13.0. The number of carbonyl (C=O) groups is 1. The number of hydrogen-bond acceptors (Lipinski definition) is 3. The van der Waals surface area contributed by atoms with Crippen molar-refractivity contribution in [2.45, 2.75) is 57.4 Å². The molecule has 0 aromatic heterocycles. The fourth-order valence-electron chi connectivity index (χ4n) is 4.13. The van der Waals surface area contributed by atoms with Crippen molar-refractivity contribution >= 4 is 19.1 Å². The maximum atomic E-state index is 13.0. The van der Waals surface area contributed by atoms with Gasteiger partial charge in [-0.2, -0.15) is 0 Å². The van der Waals surface area contributed by atoms with Crippen LogP contribution in [0.25, 0.3) is 0 Å². The van der Waals surface area contributed by atoms with Gasteiger partial charge >= 0.3 is 151 Å². The third-order valence-electron chi connectivity index (χ3n) is 5.63. The number of ether oxygens (including phenoxy) is 1. The third kappa shape index (κ3) is 3.75. The minimum atomic E-state index is -0.748. The van der Waals surface area contributed by atoms with Gasteiger partial charge in [-0.3, -0.25) is 0 Å². The Bertz CT molecular complexity index is 642. The molecule has 1 radical (unpaired) electrons. The molecular weight excluding hydrogens is 311 g/mol. The van der Waals surface area contributed by atoms with Gasteiger partial charge in [-0.05, 0) is 0 Å². The van der Waals surface area contributed by atoms with Crippen LogP contribution in [0.4, 0.5) is 0 Å². The van der Waals surface area contributed by atoms with Gasteiger partial charge in [0.25, 0.3) is 0 Å². The van der Waals surface area contributed by atoms with Crippen molar-refractivity contribution in [3.05, 3.63) is 29.8 Å². The van der Waals surface area contributed by atoms with Crippen LogP contribution in [-0.4, -0.2) is 43.2 Å². The first-order chi connectivity index (χ1) is 12.1. The van der Waals surface area contributed by atoms with Crippen molar-refractivity contribution in [3.8, 4) is 5.75 Å². The van der Waals surface area contributed by atoms with Gasteiger partial charge in [-0.25, -0.2) is 0 Å². The molecule has 1 saturated carbocycles. The summed E-state index contributed by atoms with van der Waals surface area (Å²) in [6, 6.07) is 8.03. The molecule has 5 heteroatoms. The molecule has 1 aliphatic carbocycles. The summed E-state index contributed by atoms with van der Waals surface area (Å²) in [7, 11) is 7.76. The van der Waals surface area contributed by atoms with Crippen molar-refractivity contribution < 1.29 is 9.53 Å². The Balaban J connectivity index is 1.79. The van der Waals surface area contributed by atoms with Crippen LogP contribution in [0.2, 0.25) is 0 Å². The molecule has 1 amide bonds. The predicted molar refractivity (Wildman–Crippen MR) is 102 cm³/mol. The number of benzene rings is 1. The summed E-state index contributed by atoms with van der Waals surface area (Å²) in [6.45, 7) is 2.42. The summed E-state index contributed by atoms with van der Waals surface area (Å²) in [5.41, 5.74) is 0.834. The van der Waals surface area contributed by atoms with E-state index in [-0.39, 0.29) is 5.91 Å².